The van der Waals surface area contributed by atoms with Crippen LogP contribution in [0.2, 0.25) is 6.04 Å². The molecule has 0 N–H and O–H groups in total. The van der Waals surface area contributed by atoms with Crippen LogP contribution in [0.1, 0.15) is 5.56 Å². The van der Waals surface area contributed by atoms with Crippen LogP contribution in [-0.2, 0) is 11.2 Å². The summed E-state index contributed by atoms with van der Waals surface area (Å²) in [6.07, 6.45) is 0.509. The molecule has 0 aliphatic rings. The van der Waals surface area contributed by atoms with Gasteiger partial charge in [0, 0.05) is 16.7 Å². The largest absolute Gasteiger partial charge is 0.457 e. The lowest BCUT2D eigenvalue weighted by molar-refractivity contribution is -0.116. The number of Topliss-reactive ketones (excluding diaryl/α,β-unsaturated/α-hetero) is 1. The number of carbonyl (C=O) groups excluding carboxylic acids is 1. The van der Waals surface area contributed by atoms with Crippen molar-refractivity contribution in [1.82, 2.24) is 0 Å². The summed E-state index contributed by atoms with van der Waals surface area (Å²) in [5.41, 5.74) is 1.02. The fourth-order valence-electron chi connectivity index (χ4n) is 1.70. The van der Waals surface area contributed by atoms with E-state index in [-0.39, 0.29) is 0 Å². The quantitative estimate of drug-likeness (QED) is 0.768. The van der Waals surface area contributed by atoms with Gasteiger partial charge in [-0.25, -0.2) is 0 Å². The van der Waals surface area contributed by atoms with Crippen molar-refractivity contribution in [3.63, 3.8) is 0 Å². The van der Waals surface area contributed by atoms with Gasteiger partial charge in [-0.3, -0.25) is 4.79 Å². The molecule has 2 aromatic rings. The van der Waals surface area contributed by atoms with Crippen molar-refractivity contribution in [3.05, 3.63) is 60.2 Å². The van der Waals surface area contributed by atoms with Crippen LogP contribution in [0.15, 0.2) is 54.6 Å². The molecule has 0 bridgehead atoms. The summed E-state index contributed by atoms with van der Waals surface area (Å²) in [6, 6.07) is 18.1. The summed E-state index contributed by atoms with van der Waals surface area (Å²) in [5.74, 6) is 1.89. The van der Waals surface area contributed by atoms with Crippen LogP contribution in [0.25, 0.3) is 0 Å². The second-order valence-corrected chi connectivity index (χ2v) is 4.84. The van der Waals surface area contributed by atoms with E-state index in [1.54, 1.807) is 0 Å². The molecule has 0 heterocycles. The number of ether oxygens (including phenoxy) is 1. The molecule has 92 valence electrons. The van der Waals surface area contributed by atoms with Gasteiger partial charge in [-0.05, 0) is 35.9 Å². The standard InChI is InChI=1S/C15H16O2Si/c16-13(11-18)9-12-5-4-8-15(10-12)17-14-6-2-1-3-7-14/h1-8,10H,9,11H2,18H3. The van der Waals surface area contributed by atoms with Crippen molar-refractivity contribution in [2.45, 2.75) is 12.5 Å². The van der Waals surface area contributed by atoms with Gasteiger partial charge < -0.3 is 4.74 Å². The third-order valence-corrected chi connectivity index (χ3v) is 3.46. The highest BCUT2D eigenvalue weighted by molar-refractivity contribution is 6.20. The monoisotopic (exact) mass is 256 g/mol. The van der Waals surface area contributed by atoms with E-state index in [4.69, 9.17) is 4.74 Å². The average Bonchev–Trinajstić information content (AvgIpc) is 2.40. The Morgan fingerprint density at radius 2 is 1.72 bits per heavy atom. The fraction of sp³-hybridized carbons (Fsp3) is 0.133. The van der Waals surface area contributed by atoms with Crippen molar-refractivity contribution in [3.8, 4) is 11.5 Å². The van der Waals surface area contributed by atoms with E-state index in [2.05, 4.69) is 0 Å². The van der Waals surface area contributed by atoms with Gasteiger partial charge in [0.25, 0.3) is 0 Å². The Morgan fingerprint density at radius 1 is 1.00 bits per heavy atom. The maximum absolute atomic E-state index is 11.4. The van der Waals surface area contributed by atoms with Crippen molar-refractivity contribution in [2.75, 3.05) is 0 Å². The first-order chi connectivity index (χ1) is 8.78. The van der Waals surface area contributed by atoms with E-state index in [0.717, 1.165) is 27.3 Å². The van der Waals surface area contributed by atoms with Gasteiger partial charge >= 0.3 is 0 Å². The summed E-state index contributed by atoms with van der Waals surface area (Å²) in [6.45, 7) is 0. The minimum Gasteiger partial charge on any atom is -0.457 e. The SMILES string of the molecule is O=C(C[SiH3])Cc1cccc(Oc2ccccc2)c1. The van der Waals surface area contributed by atoms with Gasteiger partial charge in [0.05, 0.1) is 0 Å². The Kier molecular flexibility index (Phi) is 4.31. The number of rotatable bonds is 5. The van der Waals surface area contributed by atoms with Crippen LogP contribution < -0.4 is 4.74 Å². The highest BCUT2D eigenvalue weighted by Gasteiger charge is 2.03. The third-order valence-electron chi connectivity index (χ3n) is 2.67. The molecular weight excluding hydrogens is 240 g/mol. The molecular formula is C15H16O2Si. The second kappa shape index (κ2) is 6.17. The summed E-state index contributed by atoms with van der Waals surface area (Å²) >= 11 is 0. The normalized spacial score (nSPS) is 10.2. The molecule has 2 nitrogen and oxygen atoms in total. The molecule has 2 rings (SSSR count). The van der Waals surface area contributed by atoms with Crippen LogP contribution in [0.5, 0.6) is 11.5 Å². The first-order valence-electron chi connectivity index (χ1n) is 6.11. The number of carbonyl (C=O) groups is 1. The highest BCUT2D eigenvalue weighted by atomic mass is 28.1. The van der Waals surface area contributed by atoms with Crippen LogP contribution in [-0.4, -0.2) is 16.0 Å². The number of hydrogen-bond acceptors (Lipinski definition) is 2. The lowest BCUT2D eigenvalue weighted by Crippen LogP contribution is -2.01. The number of benzene rings is 2. The summed E-state index contributed by atoms with van der Waals surface area (Å²) in [5, 5.41) is 0. The van der Waals surface area contributed by atoms with E-state index in [9.17, 15) is 4.79 Å². The zero-order valence-corrected chi connectivity index (χ0v) is 12.4. The van der Waals surface area contributed by atoms with Crippen molar-refractivity contribution < 1.29 is 9.53 Å². The highest BCUT2D eigenvalue weighted by Crippen LogP contribution is 2.22. The van der Waals surface area contributed by atoms with Crippen molar-refractivity contribution >= 4 is 16.0 Å². The Labute approximate surface area is 110 Å². The van der Waals surface area contributed by atoms with Crippen LogP contribution >= 0.6 is 0 Å². The molecule has 0 saturated carbocycles. The smallest absolute Gasteiger partial charge is 0.133 e. The lowest BCUT2D eigenvalue weighted by Gasteiger charge is -2.07. The molecule has 2 aromatic carbocycles. The molecule has 0 radical (unpaired) electrons. The van der Waals surface area contributed by atoms with Gasteiger partial charge in [0.2, 0.25) is 0 Å². The molecule has 0 unspecified atom stereocenters. The third kappa shape index (κ3) is 3.57. The minimum absolute atomic E-state index is 0.304. The number of hydrogen-bond donors (Lipinski definition) is 0. The summed E-state index contributed by atoms with van der Waals surface area (Å²) in [7, 11) is 0.932. The molecule has 3 heteroatoms. The molecule has 0 atom stereocenters. The predicted octanol–water partition coefficient (Wildman–Crippen LogP) is 2.37. The zero-order chi connectivity index (χ0) is 12.8. The first-order valence-corrected chi connectivity index (χ1v) is 7.53. The molecule has 0 amide bonds. The number of ketones is 1. The molecule has 0 spiro atoms. The molecule has 0 saturated heterocycles. The lowest BCUT2D eigenvalue weighted by atomic mass is 10.1. The topological polar surface area (TPSA) is 26.3 Å². The molecule has 0 aliphatic heterocycles. The molecule has 0 aliphatic carbocycles. The predicted molar refractivity (Wildman–Crippen MR) is 76.4 cm³/mol. The fourth-order valence-corrected chi connectivity index (χ4v) is 1.95. The van der Waals surface area contributed by atoms with Gasteiger partial charge in [0.15, 0.2) is 0 Å². The zero-order valence-electron chi connectivity index (χ0n) is 10.4. The van der Waals surface area contributed by atoms with Crippen molar-refractivity contribution in [1.29, 1.82) is 0 Å². The van der Waals surface area contributed by atoms with Gasteiger partial charge in [0.1, 0.15) is 17.3 Å². The van der Waals surface area contributed by atoms with Gasteiger partial charge in [-0.15, -0.1) is 0 Å². The molecule has 0 fully saturated rings. The Hall–Kier alpha value is -1.87. The maximum atomic E-state index is 11.4. The Morgan fingerprint density at radius 3 is 2.44 bits per heavy atom. The van der Waals surface area contributed by atoms with Gasteiger partial charge in [-0.2, -0.15) is 0 Å². The number of para-hydroxylation sites is 1. The molecule has 0 aromatic heterocycles. The van der Waals surface area contributed by atoms with Gasteiger partial charge in [-0.1, -0.05) is 30.3 Å². The van der Waals surface area contributed by atoms with E-state index in [1.807, 2.05) is 54.6 Å². The van der Waals surface area contributed by atoms with E-state index in [1.165, 1.54) is 0 Å². The van der Waals surface area contributed by atoms with Crippen LogP contribution in [0.4, 0.5) is 0 Å². The van der Waals surface area contributed by atoms with Crippen LogP contribution in [0, 0.1) is 0 Å². The Balaban J connectivity index is 2.10. The van der Waals surface area contributed by atoms with E-state index >= 15 is 0 Å². The Bertz CT molecular complexity index is 523. The minimum atomic E-state index is 0.304. The van der Waals surface area contributed by atoms with E-state index < -0.39 is 0 Å². The van der Waals surface area contributed by atoms with E-state index in [0.29, 0.717) is 18.2 Å². The van der Waals surface area contributed by atoms with Crippen molar-refractivity contribution in [2.24, 2.45) is 0 Å². The second-order valence-electron chi connectivity index (χ2n) is 4.13. The summed E-state index contributed by atoms with van der Waals surface area (Å²) in [4.78, 5) is 11.4. The summed E-state index contributed by atoms with van der Waals surface area (Å²) < 4.78 is 5.73. The first kappa shape index (κ1) is 12.6. The molecule has 18 heavy (non-hydrogen) atoms. The maximum Gasteiger partial charge on any atom is 0.133 e. The van der Waals surface area contributed by atoms with Crippen LogP contribution in [0.3, 0.4) is 0 Å². The average molecular weight is 256 g/mol.